The quantitative estimate of drug-likeness (QED) is 0.647. The number of nitrogens with two attached hydrogens (primary N) is 1. The van der Waals surface area contributed by atoms with Gasteiger partial charge < -0.3 is 15.4 Å². The van der Waals surface area contributed by atoms with E-state index in [-0.39, 0.29) is 17.9 Å². The van der Waals surface area contributed by atoms with Crippen molar-refractivity contribution in [2.75, 3.05) is 26.3 Å². The molecule has 2 atom stereocenters. The van der Waals surface area contributed by atoms with Crippen molar-refractivity contribution >= 4 is 5.91 Å². The Morgan fingerprint density at radius 3 is 2.86 bits per heavy atom. The van der Waals surface area contributed by atoms with Crippen molar-refractivity contribution < 1.29 is 9.53 Å². The van der Waals surface area contributed by atoms with E-state index in [2.05, 4.69) is 6.58 Å². The molecule has 1 saturated heterocycles. The van der Waals surface area contributed by atoms with Crippen molar-refractivity contribution in [3.8, 4) is 0 Å². The van der Waals surface area contributed by atoms with E-state index >= 15 is 0 Å². The standard InChI is InChI=1S/C10H18N2O2/c1-3-5-12(4-2)10(13)8-6-14-7-9(8)11/h3,8-9H,1,4-7,11H2,2H3. The highest BCUT2D eigenvalue weighted by Gasteiger charge is 2.33. The van der Waals surface area contributed by atoms with E-state index in [4.69, 9.17) is 10.5 Å². The second kappa shape index (κ2) is 5.12. The molecule has 1 rings (SSSR count). The molecule has 0 aromatic rings. The summed E-state index contributed by atoms with van der Waals surface area (Å²) >= 11 is 0. The van der Waals surface area contributed by atoms with Crippen molar-refractivity contribution in [2.45, 2.75) is 13.0 Å². The van der Waals surface area contributed by atoms with E-state index in [1.165, 1.54) is 0 Å². The normalized spacial score (nSPS) is 26.1. The van der Waals surface area contributed by atoms with Gasteiger partial charge in [-0.05, 0) is 6.92 Å². The smallest absolute Gasteiger partial charge is 0.229 e. The van der Waals surface area contributed by atoms with Gasteiger partial charge in [-0.25, -0.2) is 0 Å². The molecule has 80 valence electrons. The van der Waals surface area contributed by atoms with Gasteiger partial charge in [-0.3, -0.25) is 4.79 Å². The van der Waals surface area contributed by atoms with E-state index in [1.807, 2.05) is 6.92 Å². The maximum absolute atomic E-state index is 11.9. The van der Waals surface area contributed by atoms with Crippen molar-refractivity contribution in [3.63, 3.8) is 0 Å². The lowest BCUT2D eigenvalue weighted by molar-refractivity contribution is -0.135. The molecule has 1 aliphatic heterocycles. The Balaban J connectivity index is 2.57. The molecule has 2 unspecified atom stereocenters. The summed E-state index contributed by atoms with van der Waals surface area (Å²) in [6.07, 6.45) is 1.72. The molecule has 2 N–H and O–H groups in total. The molecule has 4 nitrogen and oxygen atoms in total. The molecular weight excluding hydrogens is 180 g/mol. The van der Waals surface area contributed by atoms with Gasteiger partial charge in [-0.15, -0.1) is 6.58 Å². The lowest BCUT2D eigenvalue weighted by Crippen LogP contribution is -2.43. The Labute approximate surface area is 84.7 Å². The predicted octanol–water partition coefficient (Wildman–Crippen LogP) is -0.00540. The molecule has 0 aromatic heterocycles. The summed E-state index contributed by atoms with van der Waals surface area (Å²) < 4.78 is 5.16. The first-order chi connectivity index (χ1) is 6.70. The molecule has 1 amide bonds. The van der Waals surface area contributed by atoms with Crippen molar-refractivity contribution in [2.24, 2.45) is 11.7 Å². The average molecular weight is 198 g/mol. The monoisotopic (exact) mass is 198 g/mol. The Morgan fingerprint density at radius 2 is 2.43 bits per heavy atom. The maximum atomic E-state index is 11.9. The second-order valence-corrected chi connectivity index (χ2v) is 3.47. The molecule has 1 aliphatic rings. The molecule has 0 radical (unpaired) electrons. The molecule has 1 heterocycles. The molecular formula is C10H18N2O2. The highest BCUT2D eigenvalue weighted by molar-refractivity contribution is 5.80. The number of carbonyl (C=O) groups is 1. The van der Waals surface area contributed by atoms with Crippen LogP contribution < -0.4 is 5.73 Å². The van der Waals surface area contributed by atoms with Gasteiger partial charge in [0.15, 0.2) is 0 Å². The topological polar surface area (TPSA) is 55.6 Å². The number of nitrogens with zero attached hydrogens (tertiary/aromatic N) is 1. The number of ether oxygens (including phenoxy) is 1. The molecule has 14 heavy (non-hydrogen) atoms. The highest BCUT2D eigenvalue weighted by Crippen LogP contribution is 2.14. The minimum absolute atomic E-state index is 0.0809. The Kier molecular flexibility index (Phi) is 4.10. The predicted molar refractivity (Wildman–Crippen MR) is 54.7 cm³/mol. The van der Waals surface area contributed by atoms with Gasteiger partial charge in [0.1, 0.15) is 0 Å². The third-order valence-electron chi connectivity index (χ3n) is 2.48. The van der Waals surface area contributed by atoms with E-state index in [1.54, 1.807) is 11.0 Å². The van der Waals surface area contributed by atoms with Crippen LogP contribution in [0.15, 0.2) is 12.7 Å². The Hall–Kier alpha value is -0.870. The minimum Gasteiger partial charge on any atom is -0.379 e. The number of carbonyl (C=O) groups excluding carboxylic acids is 1. The number of likely N-dealkylation sites (N-methyl/N-ethyl adjacent to an activating group) is 1. The first-order valence-corrected chi connectivity index (χ1v) is 4.93. The summed E-state index contributed by atoms with van der Waals surface area (Å²) in [6.45, 7) is 7.78. The van der Waals surface area contributed by atoms with Crippen LogP contribution >= 0.6 is 0 Å². The fourth-order valence-electron chi connectivity index (χ4n) is 1.59. The van der Waals surface area contributed by atoms with Crippen LogP contribution in [0.3, 0.4) is 0 Å². The van der Waals surface area contributed by atoms with Crippen molar-refractivity contribution in [1.29, 1.82) is 0 Å². The van der Waals surface area contributed by atoms with Crippen LogP contribution in [0, 0.1) is 5.92 Å². The number of rotatable bonds is 4. The van der Waals surface area contributed by atoms with E-state index in [9.17, 15) is 4.79 Å². The third-order valence-corrected chi connectivity index (χ3v) is 2.48. The van der Waals surface area contributed by atoms with Crippen LogP contribution in [-0.4, -0.2) is 43.2 Å². The lowest BCUT2D eigenvalue weighted by atomic mass is 10.0. The zero-order chi connectivity index (χ0) is 10.6. The van der Waals surface area contributed by atoms with Crippen molar-refractivity contribution in [1.82, 2.24) is 4.90 Å². The number of hydrogen-bond acceptors (Lipinski definition) is 3. The highest BCUT2D eigenvalue weighted by atomic mass is 16.5. The average Bonchev–Trinajstić information content (AvgIpc) is 2.59. The van der Waals surface area contributed by atoms with Crippen LogP contribution in [0.25, 0.3) is 0 Å². The van der Waals surface area contributed by atoms with Gasteiger partial charge >= 0.3 is 0 Å². The summed E-state index contributed by atoms with van der Waals surface area (Å²) in [5.74, 6) is -0.0905. The largest absolute Gasteiger partial charge is 0.379 e. The maximum Gasteiger partial charge on any atom is 0.229 e. The van der Waals surface area contributed by atoms with E-state index in [0.29, 0.717) is 26.3 Å². The van der Waals surface area contributed by atoms with Gasteiger partial charge in [0.25, 0.3) is 0 Å². The zero-order valence-corrected chi connectivity index (χ0v) is 8.61. The molecule has 0 aliphatic carbocycles. The molecule has 4 heteroatoms. The first-order valence-electron chi connectivity index (χ1n) is 4.93. The summed E-state index contributed by atoms with van der Waals surface area (Å²) in [6, 6.07) is -0.152. The van der Waals surface area contributed by atoms with Crippen LogP contribution in [0.4, 0.5) is 0 Å². The fraction of sp³-hybridized carbons (Fsp3) is 0.700. The van der Waals surface area contributed by atoms with Crippen molar-refractivity contribution in [3.05, 3.63) is 12.7 Å². The second-order valence-electron chi connectivity index (χ2n) is 3.47. The van der Waals surface area contributed by atoms with Crippen LogP contribution in [0.5, 0.6) is 0 Å². The molecule has 0 bridgehead atoms. The number of hydrogen-bond donors (Lipinski definition) is 1. The summed E-state index contributed by atoms with van der Waals surface area (Å²) in [5, 5.41) is 0. The third kappa shape index (κ3) is 2.33. The van der Waals surface area contributed by atoms with Crippen LogP contribution in [-0.2, 0) is 9.53 Å². The molecule has 0 saturated carbocycles. The minimum atomic E-state index is -0.171. The van der Waals surface area contributed by atoms with E-state index < -0.39 is 0 Å². The van der Waals surface area contributed by atoms with Crippen LogP contribution in [0.1, 0.15) is 6.92 Å². The molecule has 0 spiro atoms. The Morgan fingerprint density at radius 1 is 1.71 bits per heavy atom. The van der Waals surface area contributed by atoms with Gasteiger partial charge in [0.05, 0.1) is 19.1 Å². The summed E-state index contributed by atoms with van der Waals surface area (Å²) in [4.78, 5) is 13.6. The zero-order valence-electron chi connectivity index (χ0n) is 8.61. The number of amides is 1. The lowest BCUT2D eigenvalue weighted by Gasteiger charge is -2.23. The van der Waals surface area contributed by atoms with Gasteiger partial charge in [-0.1, -0.05) is 6.08 Å². The van der Waals surface area contributed by atoms with Gasteiger partial charge in [-0.2, -0.15) is 0 Å². The van der Waals surface area contributed by atoms with E-state index in [0.717, 1.165) is 0 Å². The first kappa shape index (κ1) is 11.2. The van der Waals surface area contributed by atoms with Gasteiger partial charge in [0.2, 0.25) is 5.91 Å². The molecule has 1 fully saturated rings. The summed E-state index contributed by atoms with van der Waals surface area (Å²) in [5.41, 5.74) is 5.77. The Bertz CT molecular complexity index is 218. The SMILES string of the molecule is C=CCN(CC)C(=O)C1COCC1N. The van der Waals surface area contributed by atoms with Gasteiger partial charge in [0, 0.05) is 19.1 Å². The fourth-order valence-corrected chi connectivity index (χ4v) is 1.59. The summed E-state index contributed by atoms with van der Waals surface area (Å²) in [7, 11) is 0. The van der Waals surface area contributed by atoms with Crippen LogP contribution in [0.2, 0.25) is 0 Å². The molecule has 0 aromatic carbocycles.